The van der Waals surface area contributed by atoms with Gasteiger partial charge < -0.3 is 15.3 Å². The molecule has 1 aliphatic rings. The second kappa shape index (κ2) is 6.69. The number of hydrogen-bond donors (Lipinski definition) is 2. The maximum absolute atomic E-state index is 12.3. The van der Waals surface area contributed by atoms with Gasteiger partial charge in [-0.15, -0.1) is 11.3 Å². The zero-order chi connectivity index (χ0) is 14.5. The number of aromatic nitrogens is 1. The van der Waals surface area contributed by atoms with E-state index in [0.717, 1.165) is 24.3 Å². The molecule has 1 fully saturated rings. The van der Waals surface area contributed by atoms with E-state index in [9.17, 15) is 14.7 Å². The van der Waals surface area contributed by atoms with Crippen LogP contribution in [-0.4, -0.2) is 39.6 Å². The predicted octanol–water partition coefficient (Wildman–Crippen LogP) is 2.24. The van der Waals surface area contributed by atoms with Crippen LogP contribution in [0.1, 0.15) is 43.7 Å². The van der Waals surface area contributed by atoms with Gasteiger partial charge in [-0.1, -0.05) is 12.8 Å². The number of hydrogen-bond acceptors (Lipinski definition) is 4. The summed E-state index contributed by atoms with van der Waals surface area (Å²) in [5.74, 6) is -0.927. The first-order chi connectivity index (χ1) is 9.59. The molecule has 2 heterocycles. The van der Waals surface area contributed by atoms with Gasteiger partial charge in [0.25, 0.3) is 0 Å². The standard InChI is InChI=1S/C13H19N3O3S/c1-9(11-14-6-8-20-11)15-13(19)16-7-4-2-3-5-10(16)12(17)18/h6,8-10H,2-5,7H2,1H3,(H,15,19)(H,17,18). The van der Waals surface area contributed by atoms with Gasteiger partial charge >= 0.3 is 12.0 Å². The van der Waals surface area contributed by atoms with Crippen LogP contribution in [0.3, 0.4) is 0 Å². The first kappa shape index (κ1) is 14.8. The summed E-state index contributed by atoms with van der Waals surface area (Å²) in [5.41, 5.74) is 0. The van der Waals surface area contributed by atoms with Crippen LogP contribution in [0, 0.1) is 0 Å². The molecule has 0 spiro atoms. The first-order valence-electron chi connectivity index (χ1n) is 6.79. The molecular formula is C13H19N3O3S. The van der Waals surface area contributed by atoms with Gasteiger partial charge in [-0.3, -0.25) is 0 Å². The average molecular weight is 297 g/mol. The number of nitrogens with zero attached hydrogens (tertiary/aromatic N) is 2. The molecule has 1 aliphatic heterocycles. The van der Waals surface area contributed by atoms with Crippen molar-refractivity contribution in [3.05, 3.63) is 16.6 Å². The van der Waals surface area contributed by atoms with Crippen LogP contribution in [0.5, 0.6) is 0 Å². The Hall–Kier alpha value is -1.63. The summed E-state index contributed by atoms with van der Waals surface area (Å²) in [7, 11) is 0. The number of urea groups is 1. The van der Waals surface area contributed by atoms with Gasteiger partial charge in [-0.25, -0.2) is 14.6 Å². The molecule has 0 bridgehead atoms. The van der Waals surface area contributed by atoms with Gasteiger partial charge in [0.2, 0.25) is 0 Å². The third-order valence-electron chi connectivity index (χ3n) is 3.46. The normalized spacial score (nSPS) is 21.1. The van der Waals surface area contributed by atoms with E-state index in [1.54, 1.807) is 6.20 Å². The topological polar surface area (TPSA) is 82.5 Å². The van der Waals surface area contributed by atoms with Gasteiger partial charge in [-0.2, -0.15) is 0 Å². The lowest BCUT2D eigenvalue weighted by Crippen LogP contribution is -2.49. The quantitative estimate of drug-likeness (QED) is 0.896. The number of thiazole rings is 1. The number of rotatable bonds is 3. The van der Waals surface area contributed by atoms with E-state index in [2.05, 4.69) is 10.3 Å². The zero-order valence-corrected chi connectivity index (χ0v) is 12.2. The molecule has 1 aromatic heterocycles. The molecule has 1 aromatic rings. The largest absolute Gasteiger partial charge is 0.480 e. The van der Waals surface area contributed by atoms with E-state index in [1.165, 1.54) is 16.2 Å². The van der Waals surface area contributed by atoms with Crippen molar-refractivity contribution in [2.45, 2.75) is 44.7 Å². The fraction of sp³-hybridized carbons (Fsp3) is 0.615. The Labute approximate surface area is 121 Å². The molecule has 110 valence electrons. The molecule has 0 aliphatic carbocycles. The lowest BCUT2D eigenvalue weighted by atomic mass is 10.1. The molecule has 1 saturated heterocycles. The van der Waals surface area contributed by atoms with E-state index < -0.39 is 12.0 Å². The molecule has 2 rings (SSSR count). The number of nitrogens with one attached hydrogen (secondary N) is 1. The number of likely N-dealkylation sites (tertiary alicyclic amines) is 1. The number of amides is 2. The van der Waals surface area contributed by atoms with Crippen LogP contribution in [0.4, 0.5) is 4.79 Å². The summed E-state index contributed by atoms with van der Waals surface area (Å²) in [6, 6.07) is -1.25. The summed E-state index contributed by atoms with van der Waals surface area (Å²) in [6.45, 7) is 2.34. The van der Waals surface area contributed by atoms with Crippen molar-refractivity contribution in [1.82, 2.24) is 15.2 Å². The Morgan fingerprint density at radius 1 is 1.50 bits per heavy atom. The van der Waals surface area contributed by atoms with Gasteiger partial charge in [0.05, 0.1) is 6.04 Å². The van der Waals surface area contributed by atoms with Crippen LogP contribution < -0.4 is 5.32 Å². The summed E-state index contributed by atoms with van der Waals surface area (Å²) < 4.78 is 0. The van der Waals surface area contributed by atoms with E-state index in [1.807, 2.05) is 12.3 Å². The van der Waals surface area contributed by atoms with Crippen molar-refractivity contribution in [2.24, 2.45) is 0 Å². The summed E-state index contributed by atoms with van der Waals surface area (Å²) in [5, 5.41) is 14.8. The summed E-state index contributed by atoms with van der Waals surface area (Å²) >= 11 is 1.47. The minimum atomic E-state index is -0.927. The Kier molecular flexibility index (Phi) is 4.94. The van der Waals surface area contributed by atoms with Gasteiger partial charge in [0.15, 0.2) is 0 Å². The fourth-order valence-electron chi connectivity index (χ4n) is 2.39. The highest BCUT2D eigenvalue weighted by Gasteiger charge is 2.31. The molecule has 0 radical (unpaired) electrons. The Bertz CT molecular complexity index is 463. The SMILES string of the molecule is CC(NC(=O)N1CCCCCC1C(=O)O)c1nccs1. The van der Waals surface area contributed by atoms with Crippen LogP contribution in [0.25, 0.3) is 0 Å². The first-order valence-corrected chi connectivity index (χ1v) is 7.67. The lowest BCUT2D eigenvalue weighted by molar-refractivity contribution is -0.142. The molecule has 0 aromatic carbocycles. The molecule has 6 nitrogen and oxygen atoms in total. The number of aliphatic carboxylic acids is 1. The lowest BCUT2D eigenvalue weighted by Gasteiger charge is -2.28. The van der Waals surface area contributed by atoms with Crippen molar-refractivity contribution in [1.29, 1.82) is 0 Å². The molecule has 20 heavy (non-hydrogen) atoms. The minimum absolute atomic E-state index is 0.208. The predicted molar refractivity (Wildman–Crippen MR) is 75.7 cm³/mol. The van der Waals surface area contributed by atoms with Gasteiger partial charge in [-0.05, 0) is 19.8 Å². The molecule has 0 saturated carbocycles. The second-order valence-corrected chi connectivity index (χ2v) is 5.86. The van der Waals surface area contributed by atoms with Crippen molar-refractivity contribution in [2.75, 3.05) is 6.54 Å². The van der Waals surface area contributed by atoms with Crippen LogP contribution in [-0.2, 0) is 4.79 Å². The fourth-order valence-corrected chi connectivity index (χ4v) is 3.03. The third kappa shape index (κ3) is 3.47. The van der Waals surface area contributed by atoms with Crippen LogP contribution in [0.15, 0.2) is 11.6 Å². The Balaban J connectivity index is 2.03. The van der Waals surface area contributed by atoms with Gasteiger partial charge in [0, 0.05) is 18.1 Å². The van der Waals surface area contributed by atoms with Crippen LogP contribution in [0.2, 0.25) is 0 Å². The maximum atomic E-state index is 12.3. The summed E-state index contributed by atoms with van der Waals surface area (Å²) in [6.07, 6.45) is 4.88. The van der Waals surface area contributed by atoms with Crippen LogP contribution >= 0.6 is 11.3 Å². The molecule has 2 amide bonds. The monoisotopic (exact) mass is 297 g/mol. The van der Waals surface area contributed by atoms with E-state index in [4.69, 9.17) is 0 Å². The molecule has 2 N–H and O–H groups in total. The maximum Gasteiger partial charge on any atom is 0.326 e. The van der Waals surface area contributed by atoms with Crippen molar-refractivity contribution < 1.29 is 14.7 Å². The Morgan fingerprint density at radius 3 is 2.95 bits per heavy atom. The number of carboxylic acid groups (broad SMARTS) is 1. The van der Waals surface area contributed by atoms with E-state index in [0.29, 0.717) is 13.0 Å². The molecule has 2 atom stereocenters. The van der Waals surface area contributed by atoms with Crippen molar-refractivity contribution >= 4 is 23.3 Å². The number of carbonyl (C=O) groups is 2. The molecule has 2 unspecified atom stereocenters. The number of carboxylic acids is 1. The third-order valence-corrected chi connectivity index (χ3v) is 4.42. The highest BCUT2D eigenvalue weighted by molar-refractivity contribution is 7.09. The van der Waals surface area contributed by atoms with E-state index in [-0.39, 0.29) is 12.1 Å². The van der Waals surface area contributed by atoms with Crippen molar-refractivity contribution in [3.8, 4) is 0 Å². The number of carbonyl (C=O) groups excluding carboxylic acids is 1. The smallest absolute Gasteiger partial charge is 0.326 e. The van der Waals surface area contributed by atoms with E-state index >= 15 is 0 Å². The molecule has 7 heteroatoms. The average Bonchev–Trinajstić information content (AvgIpc) is 2.82. The molecular weight excluding hydrogens is 278 g/mol. The Morgan fingerprint density at radius 2 is 2.30 bits per heavy atom. The highest BCUT2D eigenvalue weighted by Crippen LogP contribution is 2.19. The second-order valence-electron chi connectivity index (χ2n) is 4.94. The minimum Gasteiger partial charge on any atom is -0.480 e. The zero-order valence-electron chi connectivity index (χ0n) is 11.4. The van der Waals surface area contributed by atoms with Crippen molar-refractivity contribution in [3.63, 3.8) is 0 Å². The summed E-state index contributed by atoms with van der Waals surface area (Å²) in [4.78, 5) is 29.2. The highest BCUT2D eigenvalue weighted by atomic mass is 32.1. The van der Waals surface area contributed by atoms with Gasteiger partial charge in [0.1, 0.15) is 11.0 Å².